The number of aliphatic hydroxyl groups is 1. The summed E-state index contributed by atoms with van der Waals surface area (Å²) in [4.78, 5) is 42.4. The monoisotopic (exact) mass is 694 g/mol. The molecule has 0 radical (unpaired) electrons. The highest BCUT2D eigenvalue weighted by molar-refractivity contribution is 6.00. The number of methoxy groups -OCH3 is 1. The molecule has 2 bridgehead atoms. The lowest BCUT2D eigenvalue weighted by Crippen LogP contribution is -2.68. The number of rotatable bonds is 8. The zero-order chi connectivity index (χ0) is 36.1. The molecule has 13 atom stereocenters. The Kier molecular flexibility index (Phi) is 11.5. The predicted molar refractivity (Wildman–Crippen MR) is 182 cm³/mol. The van der Waals surface area contributed by atoms with E-state index < -0.39 is 65.7 Å². The minimum Gasteiger partial charge on any atom is -0.458 e. The van der Waals surface area contributed by atoms with Crippen molar-refractivity contribution in [1.82, 2.24) is 20.9 Å². The molecule has 13 nitrogen and oxygen atoms in total. The summed E-state index contributed by atoms with van der Waals surface area (Å²) < 4.78 is 31.3. The molecule has 3 aliphatic carbocycles. The third-order valence-corrected chi connectivity index (χ3v) is 12.5. The summed E-state index contributed by atoms with van der Waals surface area (Å²) >= 11 is 0. The minimum absolute atomic E-state index is 0.0317. The highest BCUT2D eigenvalue weighted by Crippen LogP contribution is 2.57. The van der Waals surface area contributed by atoms with Crippen molar-refractivity contribution in [3.63, 3.8) is 0 Å². The van der Waals surface area contributed by atoms with E-state index in [2.05, 4.69) is 22.9 Å². The first kappa shape index (κ1) is 38.4. The molecule has 13 heteroatoms. The van der Waals surface area contributed by atoms with E-state index >= 15 is 0 Å². The molecule has 6 aliphatic rings. The molecule has 0 aromatic carbocycles. The molecule has 6 rings (SSSR count). The van der Waals surface area contributed by atoms with Crippen molar-refractivity contribution in [2.75, 3.05) is 34.3 Å². The van der Waals surface area contributed by atoms with E-state index in [9.17, 15) is 19.5 Å². The second-order valence-corrected chi connectivity index (χ2v) is 16.5. The van der Waals surface area contributed by atoms with E-state index in [-0.39, 0.29) is 35.4 Å². The van der Waals surface area contributed by atoms with Crippen LogP contribution in [0.15, 0.2) is 0 Å². The number of alkyl carbamates (subject to hydrolysis) is 1. The molecular weight excluding hydrogens is 632 g/mol. The summed E-state index contributed by atoms with van der Waals surface area (Å²) in [5.74, 6) is -2.17. The molecule has 6 fully saturated rings. The van der Waals surface area contributed by atoms with Gasteiger partial charge in [0.15, 0.2) is 17.7 Å². The van der Waals surface area contributed by atoms with Crippen molar-refractivity contribution >= 4 is 17.8 Å². The van der Waals surface area contributed by atoms with E-state index in [0.717, 1.165) is 5.92 Å². The van der Waals surface area contributed by atoms with Crippen LogP contribution in [-0.4, -0.2) is 128 Å². The molecule has 3 heterocycles. The van der Waals surface area contributed by atoms with Crippen LogP contribution in [0.25, 0.3) is 0 Å². The maximum atomic E-state index is 14.2. The van der Waals surface area contributed by atoms with Crippen LogP contribution in [0.1, 0.15) is 87.0 Å². The number of ketones is 1. The number of amides is 1. The van der Waals surface area contributed by atoms with Gasteiger partial charge in [0.05, 0.1) is 23.9 Å². The summed E-state index contributed by atoms with van der Waals surface area (Å²) in [6, 6.07) is -0.953. The summed E-state index contributed by atoms with van der Waals surface area (Å²) in [6.07, 6.45) is 0.668. The van der Waals surface area contributed by atoms with Crippen LogP contribution >= 0.6 is 0 Å². The molecule has 3 saturated carbocycles. The number of nitrogens with one attached hydrogen (secondary N) is 3. The van der Waals surface area contributed by atoms with Crippen molar-refractivity contribution in [3.05, 3.63) is 0 Å². The molecule has 49 heavy (non-hydrogen) atoms. The third-order valence-electron chi connectivity index (χ3n) is 12.5. The number of carbonyl (C=O) groups is 3. The van der Waals surface area contributed by atoms with Crippen LogP contribution in [0, 0.1) is 23.7 Å². The van der Waals surface area contributed by atoms with Gasteiger partial charge in [0.2, 0.25) is 0 Å². The van der Waals surface area contributed by atoms with Crippen LogP contribution < -0.4 is 16.0 Å². The zero-order valence-electron chi connectivity index (χ0n) is 31.2. The summed E-state index contributed by atoms with van der Waals surface area (Å²) in [5, 5.41) is 21.8. The Morgan fingerprint density at radius 3 is 2.31 bits per heavy atom. The van der Waals surface area contributed by atoms with E-state index in [1.54, 1.807) is 27.9 Å². The number of esters is 1. The Morgan fingerprint density at radius 2 is 1.73 bits per heavy atom. The second-order valence-electron chi connectivity index (χ2n) is 16.5. The largest absolute Gasteiger partial charge is 0.458 e. The average Bonchev–Trinajstić information content (AvgIpc) is 3.33. The Morgan fingerprint density at radius 1 is 1.06 bits per heavy atom. The molecule has 1 amide bonds. The second kappa shape index (κ2) is 14.6. The van der Waals surface area contributed by atoms with Crippen molar-refractivity contribution in [2.24, 2.45) is 23.7 Å². The maximum absolute atomic E-state index is 14.2. The molecule has 0 spiro atoms. The molecule has 0 aromatic rings. The Hall–Kier alpha value is -1.87. The highest BCUT2D eigenvalue weighted by atomic mass is 16.7. The minimum atomic E-state index is -1.15. The quantitative estimate of drug-likeness (QED) is 0.218. The average molecular weight is 695 g/mol. The van der Waals surface area contributed by atoms with Gasteiger partial charge >= 0.3 is 12.1 Å². The molecular formula is C36H62N4O9. The molecule has 4 N–H and O–H groups in total. The van der Waals surface area contributed by atoms with Gasteiger partial charge in [-0.1, -0.05) is 20.8 Å². The number of nitrogens with zero attached hydrogens (tertiary/aromatic N) is 1. The Balaban J connectivity index is 1.43. The van der Waals surface area contributed by atoms with Crippen LogP contribution in [0.2, 0.25) is 0 Å². The van der Waals surface area contributed by atoms with Gasteiger partial charge in [-0.25, -0.2) is 4.79 Å². The van der Waals surface area contributed by atoms with E-state index in [4.69, 9.17) is 23.7 Å². The molecule has 280 valence electrons. The number of ether oxygens (including phenoxy) is 5. The number of likely N-dealkylation sites (N-methyl/N-ethyl adjacent to an activating group) is 1. The zero-order valence-corrected chi connectivity index (χ0v) is 31.2. The third kappa shape index (κ3) is 7.54. The lowest BCUT2D eigenvalue weighted by atomic mass is 9.50. The van der Waals surface area contributed by atoms with Gasteiger partial charge in [0.25, 0.3) is 0 Å². The van der Waals surface area contributed by atoms with Gasteiger partial charge in [0.1, 0.15) is 18.1 Å². The first-order valence-electron chi connectivity index (χ1n) is 18.4. The summed E-state index contributed by atoms with van der Waals surface area (Å²) in [5.41, 5.74) is -1.94. The van der Waals surface area contributed by atoms with E-state index in [1.807, 2.05) is 39.8 Å². The lowest BCUT2D eigenvalue weighted by molar-refractivity contribution is -0.297. The first-order chi connectivity index (χ1) is 23.0. The number of hydrogen-bond acceptors (Lipinski definition) is 12. The van der Waals surface area contributed by atoms with Crippen molar-refractivity contribution in [2.45, 2.75) is 153 Å². The molecule has 0 aromatic heterocycles. The fraction of sp³-hybridized carbons (Fsp3) is 0.917. The summed E-state index contributed by atoms with van der Waals surface area (Å²) in [6.45, 7) is 14.1. The molecule has 3 saturated heterocycles. The van der Waals surface area contributed by atoms with E-state index in [0.29, 0.717) is 32.4 Å². The Labute approximate surface area is 292 Å². The normalized spacial score (nSPS) is 47.9. The number of Topliss-reactive ketones (excluding diaryl/α,β-unsaturated/α-hetero) is 1. The maximum Gasteiger partial charge on any atom is 0.408 e. The first-order valence-corrected chi connectivity index (χ1v) is 18.4. The summed E-state index contributed by atoms with van der Waals surface area (Å²) in [7, 11) is 5.48. The van der Waals surface area contributed by atoms with Gasteiger partial charge in [-0.15, -0.1) is 0 Å². The SMILES string of the molecule is CC[C@H]1OC(=O)[C@H](C)C(=O)[C@H](C)[C@@H](O[C@@H]2OC(CNC34CC(C3)C4)CC(N(C)C)C2O)[C@](C)(OC)C[C@@H](C)CN[C@H](C)[C@H]2NC(=O)O[C@@]21C. The topological polar surface area (TPSA) is 157 Å². The van der Waals surface area contributed by atoms with Gasteiger partial charge in [-0.2, -0.15) is 0 Å². The van der Waals surface area contributed by atoms with Gasteiger partial charge < -0.3 is 49.6 Å². The predicted octanol–water partition coefficient (Wildman–Crippen LogP) is 2.37. The molecule has 3 aliphatic heterocycles. The standard InChI is InChI=1S/C36H62N4O9/c1-11-26-35(7)29(39-33(44)49-35)22(5)37-17-19(2)13-34(6,45-10)30(20(3)27(41)21(4)31(43)47-26)48-32-28(42)25(40(8)9)12-24(46-32)18-38-36-14-23(15-36)16-36/h19-26,28-30,32,37-38,42H,11-18H2,1-10H3,(H,39,44)/t19-,20+,21-,22-,23?,24?,25?,26-,28?,29-,30-,32+,34-,35-,36?/m1/s1. The van der Waals surface area contributed by atoms with Crippen molar-refractivity contribution in [3.8, 4) is 0 Å². The van der Waals surface area contributed by atoms with Crippen molar-refractivity contribution < 1.29 is 43.2 Å². The molecule has 3 unspecified atom stereocenters. The van der Waals surface area contributed by atoms with Gasteiger partial charge in [0, 0.05) is 37.2 Å². The van der Waals surface area contributed by atoms with Crippen molar-refractivity contribution in [1.29, 1.82) is 0 Å². The van der Waals surface area contributed by atoms with Gasteiger partial charge in [-0.05, 0) is 98.7 Å². The fourth-order valence-corrected chi connectivity index (χ4v) is 9.18. The lowest BCUT2D eigenvalue weighted by Gasteiger charge is -2.62. The number of carbonyl (C=O) groups excluding carboxylic acids is 3. The fourth-order valence-electron chi connectivity index (χ4n) is 9.18. The van der Waals surface area contributed by atoms with Crippen LogP contribution in [0.5, 0.6) is 0 Å². The number of hydrogen-bond donors (Lipinski definition) is 4. The number of aliphatic hydroxyl groups excluding tert-OH is 1. The number of cyclic esters (lactones) is 1. The Bertz CT molecular complexity index is 1200. The van der Waals surface area contributed by atoms with Crippen LogP contribution in [0.4, 0.5) is 4.79 Å². The van der Waals surface area contributed by atoms with Gasteiger partial charge in [-0.3, -0.25) is 9.59 Å². The highest BCUT2D eigenvalue weighted by Gasteiger charge is 2.57. The van der Waals surface area contributed by atoms with Crippen LogP contribution in [-0.2, 0) is 33.3 Å². The van der Waals surface area contributed by atoms with Crippen LogP contribution in [0.3, 0.4) is 0 Å². The number of fused-ring (bicyclic) bond motifs is 1. The van der Waals surface area contributed by atoms with E-state index in [1.165, 1.54) is 19.3 Å². The smallest absolute Gasteiger partial charge is 0.408 e.